The van der Waals surface area contributed by atoms with Gasteiger partial charge in [0, 0.05) is 17.2 Å². The molecule has 1 N–H and O–H groups in total. The second-order valence-electron chi connectivity index (χ2n) is 6.14. The minimum Gasteiger partial charge on any atom is -0.272 e. The fraction of sp³-hybridized carbons (Fsp3) is 0.438. The molecule has 1 atom stereocenters. The van der Waals surface area contributed by atoms with Crippen molar-refractivity contribution in [3.63, 3.8) is 0 Å². The zero-order valence-electron chi connectivity index (χ0n) is 13.9. The minimum atomic E-state index is -0.664. The van der Waals surface area contributed by atoms with E-state index in [9.17, 15) is 20.2 Å². The Balaban J connectivity index is 2.31. The number of benzene rings is 1. The molecule has 0 spiro atoms. The van der Waals surface area contributed by atoms with Crippen LogP contribution in [0.1, 0.15) is 40.0 Å². The lowest BCUT2D eigenvalue weighted by molar-refractivity contribution is -0.393. The molecule has 1 aliphatic carbocycles. The average Bonchev–Trinajstić information content (AvgIpc) is 2.54. The summed E-state index contributed by atoms with van der Waals surface area (Å²) in [5.74, 6) is 0. The number of nitrogens with zero attached hydrogens (tertiary/aromatic N) is 3. The van der Waals surface area contributed by atoms with Gasteiger partial charge in [-0.15, -0.1) is 0 Å². The van der Waals surface area contributed by atoms with Gasteiger partial charge in [0.05, 0.1) is 15.9 Å². The van der Waals surface area contributed by atoms with Gasteiger partial charge in [-0.05, 0) is 39.2 Å². The molecule has 1 aromatic carbocycles. The number of hydrazone groups is 1. The van der Waals surface area contributed by atoms with E-state index in [4.69, 9.17) is 0 Å². The molecule has 128 valence electrons. The molecule has 1 aromatic rings. The number of nitrogens with one attached hydrogen (secondary N) is 1. The van der Waals surface area contributed by atoms with Gasteiger partial charge in [0.1, 0.15) is 5.69 Å². The molecule has 0 unspecified atom stereocenters. The quantitative estimate of drug-likeness (QED) is 0.371. The number of hydrogen-bond donors (Lipinski definition) is 1. The molecular formula is C16H20N4O4. The van der Waals surface area contributed by atoms with Crippen LogP contribution in [0.5, 0.6) is 0 Å². The zero-order valence-corrected chi connectivity index (χ0v) is 13.9. The van der Waals surface area contributed by atoms with E-state index in [1.807, 2.05) is 6.92 Å². The highest BCUT2D eigenvalue weighted by Gasteiger charge is 2.31. The van der Waals surface area contributed by atoms with Crippen LogP contribution in [-0.2, 0) is 0 Å². The van der Waals surface area contributed by atoms with E-state index >= 15 is 0 Å². The Bertz CT molecular complexity index is 742. The van der Waals surface area contributed by atoms with Crippen LogP contribution in [0.4, 0.5) is 17.1 Å². The molecule has 2 rings (SSSR count). The third-order valence-electron chi connectivity index (χ3n) is 4.73. The highest BCUT2D eigenvalue weighted by Crippen LogP contribution is 2.38. The van der Waals surface area contributed by atoms with Crippen LogP contribution in [0, 0.1) is 25.6 Å². The predicted molar refractivity (Wildman–Crippen MR) is 92.2 cm³/mol. The highest BCUT2D eigenvalue weighted by atomic mass is 16.6. The van der Waals surface area contributed by atoms with E-state index in [0.717, 1.165) is 31.0 Å². The van der Waals surface area contributed by atoms with Crippen molar-refractivity contribution in [1.29, 1.82) is 0 Å². The van der Waals surface area contributed by atoms with Crippen molar-refractivity contribution in [3.8, 4) is 0 Å². The number of nitro groups is 2. The summed E-state index contributed by atoms with van der Waals surface area (Å²) in [5, 5.41) is 26.2. The molecule has 8 heteroatoms. The van der Waals surface area contributed by atoms with Gasteiger partial charge in [-0.25, -0.2) is 0 Å². The maximum Gasteiger partial charge on any atom is 0.301 e. The number of rotatable bonds is 5. The summed E-state index contributed by atoms with van der Waals surface area (Å²) in [7, 11) is 0. The van der Waals surface area contributed by atoms with Crippen molar-refractivity contribution in [2.75, 3.05) is 5.43 Å². The molecular weight excluding hydrogens is 312 g/mol. The molecule has 0 heterocycles. The predicted octanol–water partition coefficient (Wildman–Crippen LogP) is 4.43. The van der Waals surface area contributed by atoms with E-state index in [-0.39, 0.29) is 22.5 Å². The van der Waals surface area contributed by atoms with Crippen LogP contribution in [-0.4, -0.2) is 15.6 Å². The van der Waals surface area contributed by atoms with Crippen molar-refractivity contribution in [3.05, 3.63) is 50.1 Å². The average molecular weight is 332 g/mol. The molecule has 1 aliphatic rings. The topological polar surface area (TPSA) is 111 Å². The molecule has 0 radical (unpaired) electrons. The van der Waals surface area contributed by atoms with E-state index in [2.05, 4.69) is 30.5 Å². The van der Waals surface area contributed by atoms with E-state index in [1.54, 1.807) is 0 Å². The van der Waals surface area contributed by atoms with Gasteiger partial charge in [-0.1, -0.05) is 18.6 Å². The first-order valence-corrected chi connectivity index (χ1v) is 7.66. The number of non-ortho nitro benzene ring substituents is 1. The summed E-state index contributed by atoms with van der Waals surface area (Å²) >= 11 is 0. The highest BCUT2D eigenvalue weighted by molar-refractivity contribution is 5.91. The summed E-state index contributed by atoms with van der Waals surface area (Å²) in [6.07, 6.45) is 5.28. The van der Waals surface area contributed by atoms with Crippen LogP contribution in [0.15, 0.2) is 34.9 Å². The van der Waals surface area contributed by atoms with Gasteiger partial charge in [-0.3, -0.25) is 25.7 Å². The molecule has 0 fully saturated rings. The number of hydrogen-bond acceptors (Lipinski definition) is 6. The Morgan fingerprint density at radius 3 is 2.58 bits per heavy atom. The molecule has 0 saturated carbocycles. The first-order chi connectivity index (χ1) is 11.3. The third-order valence-corrected chi connectivity index (χ3v) is 4.73. The van der Waals surface area contributed by atoms with Crippen LogP contribution in [0.3, 0.4) is 0 Å². The Morgan fingerprint density at radius 2 is 2.00 bits per heavy atom. The van der Waals surface area contributed by atoms with Crippen molar-refractivity contribution >= 4 is 22.8 Å². The molecule has 0 bridgehead atoms. The lowest BCUT2D eigenvalue weighted by Gasteiger charge is -2.33. The number of nitro benzene ring substituents is 2. The summed E-state index contributed by atoms with van der Waals surface area (Å²) in [4.78, 5) is 20.6. The van der Waals surface area contributed by atoms with Crippen molar-refractivity contribution < 1.29 is 9.85 Å². The van der Waals surface area contributed by atoms with Gasteiger partial charge >= 0.3 is 5.69 Å². The summed E-state index contributed by atoms with van der Waals surface area (Å²) in [6, 6.07) is 3.45. The van der Waals surface area contributed by atoms with Crippen LogP contribution < -0.4 is 5.43 Å². The lowest BCUT2D eigenvalue weighted by Crippen LogP contribution is -2.29. The van der Waals surface area contributed by atoms with E-state index in [0.29, 0.717) is 0 Å². The van der Waals surface area contributed by atoms with Crippen molar-refractivity contribution in [2.45, 2.75) is 40.0 Å². The van der Waals surface area contributed by atoms with Gasteiger partial charge in [0.2, 0.25) is 0 Å². The summed E-state index contributed by atoms with van der Waals surface area (Å²) < 4.78 is 0. The summed E-state index contributed by atoms with van der Waals surface area (Å²) in [5.41, 5.74) is 4.00. The second kappa shape index (κ2) is 6.77. The summed E-state index contributed by atoms with van der Waals surface area (Å²) in [6.45, 7) is 6.04. The van der Waals surface area contributed by atoms with Crippen LogP contribution in [0.2, 0.25) is 0 Å². The van der Waals surface area contributed by atoms with Gasteiger partial charge in [0.25, 0.3) is 5.69 Å². The monoisotopic (exact) mass is 332 g/mol. The van der Waals surface area contributed by atoms with Crippen molar-refractivity contribution in [1.82, 2.24) is 0 Å². The fourth-order valence-electron chi connectivity index (χ4n) is 2.81. The SMILES string of the molecule is CC1=CCCC[C@]1(C)/C(C)=N\Nc1ccc([N+](=O)[O-])cc1[N+](=O)[O-]. The molecule has 0 saturated heterocycles. The molecule has 0 aromatic heterocycles. The second-order valence-corrected chi connectivity index (χ2v) is 6.14. The number of allylic oxidation sites excluding steroid dienone is 2. The first kappa shape index (κ1) is 17.6. The third kappa shape index (κ3) is 3.42. The molecule has 8 nitrogen and oxygen atoms in total. The maximum absolute atomic E-state index is 11.1. The Morgan fingerprint density at radius 1 is 1.29 bits per heavy atom. The van der Waals surface area contributed by atoms with Crippen LogP contribution in [0.25, 0.3) is 0 Å². The van der Waals surface area contributed by atoms with Gasteiger partial charge in [0.15, 0.2) is 0 Å². The first-order valence-electron chi connectivity index (χ1n) is 7.66. The molecule has 24 heavy (non-hydrogen) atoms. The maximum atomic E-state index is 11.1. The zero-order chi connectivity index (χ0) is 17.9. The number of anilines is 1. The largest absolute Gasteiger partial charge is 0.301 e. The van der Waals surface area contributed by atoms with Gasteiger partial charge < -0.3 is 0 Å². The fourth-order valence-corrected chi connectivity index (χ4v) is 2.81. The van der Waals surface area contributed by atoms with E-state index < -0.39 is 9.85 Å². The Kier molecular flexibility index (Phi) is 4.96. The molecule has 0 aliphatic heterocycles. The Hall–Kier alpha value is -2.77. The Labute approximate surface area is 139 Å². The standard InChI is InChI=1S/C16H20N4O4/c1-11-6-4-5-9-16(11,3)12(2)17-18-14-8-7-13(19(21)22)10-15(14)20(23)24/h6-8,10,18H,4-5,9H2,1-3H3/b17-12-/t16-/m0/s1. The van der Waals surface area contributed by atoms with E-state index in [1.165, 1.54) is 17.7 Å². The van der Waals surface area contributed by atoms with Gasteiger partial charge in [-0.2, -0.15) is 5.10 Å². The normalized spacial score (nSPS) is 21.1. The minimum absolute atomic E-state index is 0.131. The molecule has 0 amide bonds. The van der Waals surface area contributed by atoms with Crippen molar-refractivity contribution in [2.24, 2.45) is 10.5 Å². The van der Waals surface area contributed by atoms with Crippen LogP contribution >= 0.6 is 0 Å². The lowest BCUT2D eigenvalue weighted by atomic mass is 9.72. The smallest absolute Gasteiger partial charge is 0.272 e.